The van der Waals surface area contributed by atoms with Crippen molar-refractivity contribution in [3.63, 3.8) is 0 Å². The Kier molecular flexibility index (Phi) is 4.73. The van der Waals surface area contributed by atoms with Gasteiger partial charge < -0.3 is 14.4 Å². The predicted molar refractivity (Wildman–Crippen MR) is 102 cm³/mol. The number of rotatable bonds is 2. The first-order valence-electron chi connectivity index (χ1n) is 8.98. The molecule has 142 valence electrons. The highest BCUT2D eigenvalue weighted by molar-refractivity contribution is 5.87. The van der Waals surface area contributed by atoms with Crippen LogP contribution in [0, 0.1) is 0 Å². The molecule has 0 bridgehead atoms. The normalized spacial score (nSPS) is 21.2. The number of H-pyrrole nitrogens is 1. The number of piperazine rings is 1. The summed E-state index contributed by atoms with van der Waals surface area (Å²) in [6.07, 6.45) is -0.246. The van der Waals surface area contributed by atoms with Gasteiger partial charge in [0.1, 0.15) is 5.60 Å². The minimum absolute atomic E-state index is 0.0514. The maximum atomic E-state index is 12.6. The molecule has 0 saturated carbocycles. The van der Waals surface area contributed by atoms with Crippen LogP contribution >= 0.6 is 0 Å². The summed E-state index contributed by atoms with van der Waals surface area (Å²) < 4.78 is 10.9. The molecule has 7 heteroatoms. The maximum Gasteiger partial charge on any atom is 0.410 e. The molecular formula is C19H28N4O3. The Hall–Kier alpha value is -2.44. The van der Waals surface area contributed by atoms with E-state index in [-0.39, 0.29) is 18.2 Å². The molecule has 1 aliphatic heterocycles. The molecule has 3 rings (SSSR count). The van der Waals surface area contributed by atoms with Crippen molar-refractivity contribution in [2.75, 3.05) is 25.1 Å². The molecule has 7 nitrogen and oxygen atoms in total. The first-order chi connectivity index (χ1) is 12.2. The quantitative estimate of drug-likeness (QED) is 0.889. The van der Waals surface area contributed by atoms with Gasteiger partial charge in [-0.25, -0.2) is 4.79 Å². The number of aromatic nitrogens is 2. The van der Waals surface area contributed by atoms with E-state index in [9.17, 15) is 4.79 Å². The Labute approximate surface area is 154 Å². The second-order valence-corrected chi connectivity index (χ2v) is 7.95. The number of benzene rings is 1. The minimum atomic E-state index is -0.490. The van der Waals surface area contributed by atoms with Crippen LogP contribution in [0.2, 0.25) is 0 Å². The maximum absolute atomic E-state index is 12.6. The smallest absolute Gasteiger partial charge is 0.410 e. The predicted octanol–water partition coefficient (Wildman–Crippen LogP) is 3.41. The van der Waals surface area contributed by atoms with E-state index in [1.807, 2.05) is 31.7 Å². The number of anilines is 1. The summed E-state index contributed by atoms with van der Waals surface area (Å²) in [6.45, 7) is 11.3. The molecule has 26 heavy (non-hydrogen) atoms. The molecule has 0 unspecified atom stereocenters. The number of ether oxygens (including phenoxy) is 2. The van der Waals surface area contributed by atoms with Crippen LogP contribution < -0.4 is 9.64 Å². The zero-order valence-electron chi connectivity index (χ0n) is 16.4. The van der Waals surface area contributed by atoms with Crippen molar-refractivity contribution >= 4 is 22.7 Å². The van der Waals surface area contributed by atoms with Gasteiger partial charge >= 0.3 is 6.09 Å². The molecule has 1 fully saturated rings. The lowest BCUT2D eigenvalue weighted by atomic mass is 10.1. The van der Waals surface area contributed by atoms with E-state index in [1.54, 1.807) is 7.11 Å². The van der Waals surface area contributed by atoms with E-state index in [1.165, 1.54) is 0 Å². The van der Waals surface area contributed by atoms with Crippen molar-refractivity contribution in [2.45, 2.75) is 52.3 Å². The summed E-state index contributed by atoms with van der Waals surface area (Å²) in [7, 11) is 1.62. The van der Waals surface area contributed by atoms with Gasteiger partial charge in [-0.05, 0) is 52.8 Å². The zero-order valence-corrected chi connectivity index (χ0v) is 16.4. The fourth-order valence-electron chi connectivity index (χ4n) is 3.54. The Balaban J connectivity index is 1.79. The highest BCUT2D eigenvalue weighted by atomic mass is 16.6. The minimum Gasteiger partial charge on any atom is -0.480 e. The average molecular weight is 360 g/mol. The second-order valence-electron chi connectivity index (χ2n) is 7.95. The number of nitrogens with one attached hydrogen (secondary N) is 1. The van der Waals surface area contributed by atoms with Gasteiger partial charge in [0.15, 0.2) is 0 Å². The first-order valence-corrected chi connectivity index (χ1v) is 8.98. The van der Waals surface area contributed by atoms with Crippen molar-refractivity contribution in [3.05, 3.63) is 18.2 Å². The molecule has 2 heterocycles. The standard InChI is InChI=1S/C19H28N4O3/c1-12-10-22(11-13(2)23(12)18(24)26-19(3,4)5)14-7-8-16-15(9-14)17(25-6)21-20-16/h7-9,12-13H,10-11H2,1-6H3,(H,20,21)/t12-,13-/m0/s1. The largest absolute Gasteiger partial charge is 0.480 e. The molecule has 1 amide bonds. The van der Waals surface area contributed by atoms with Crippen LogP contribution in [0.15, 0.2) is 18.2 Å². The number of nitrogens with zero attached hydrogens (tertiary/aromatic N) is 3. The fourth-order valence-corrected chi connectivity index (χ4v) is 3.54. The van der Waals surface area contributed by atoms with Crippen LogP contribution in [-0.2, 0) is 4.74 Å². The van der Waals surface area contributed by atoms with Gasteiger partial charge in [0.2, 0.25) is 5.88 Å². The van der Waals surface area contributed by atoms with Crippen LogP contribution in [0.25, 0.3) is 10.9 Å². The highest BCUT2D eigenvalue weighted by Crippen LogP contribution is 2.30. The van der Waals surface area contributed by atoms with Gasteiger partial charge in [0.05, 0.1) is 30.1 Å². The van der Waals surface area contributed by atoms with Crippen LogP contribution in [0.4, 0.5) is 10.5 Å². The monoisotopic (exact) mass is 360 g/mol. The van der Waals surface area contributed by atoms with Gasteiger partial charge in [0.25, 0.3) is 0 Å². The number of hydrogen-bond donors (Lipinski definition) is 1. The van der Waals surface area contributed by atoms with E-state index in [0.717, 1.165) is 29.7 Å². The van der Waals surface area contributed by atoms with Gasteiger partial charge in [-0.3, -0.25) is 10.00 Å². The molecule has 0 spiro atoms. The number of fused-ring (bicyclic) bond motifs is 1. The number of carbonyl (C=O) groups excluding carboxylic acids is 1. The first kappa shape index (κ1) is 18.4. The van der Waals surface area contributed by atoms with E-state index < -0.39 is 5.60 Å². The van der Waals surface area contributed by atoms with Gasteiger partial charge in [-0.15, -0.1) is 5.10 Å². The Morgan fingerprint density at radius 2 is 1.88 bits per heavy atom. The summed E-state index contributed by atoms with van der Waals surface area (Å²) in [5, 5.41) is 8.09. The fraction of sp³-hybridized carbons (Fsp3) is 0.579. The van der Waals surface area contributed by atoms with E-state index in [4.69, 9.17) is 9.47 Å². The molecule has 1 aliphatic rings. The van der Waals surface area contributed by atoms with Crippen LogP contribution in [0.3, 0.4) is 0 Å². The van der Waals surface area contributed by atoms with Crippen molar-refractivity contribution in [1.82, 2.24) is 15.1 Å². The van der Waals surface area contributed by atoms with Gasteiger partial charge in [0, 0.05) is 18.8 Å². The molecule has 1 N–H and O–H groups in total. The molecule has 1 aromatic carbocycles. The molecular weight excluding hydrogens is 332 g/mol. The van der Waals surface area contributed by atoms with E-state index in [2.05, 4.69) is 41.1 Å². The van der Waals surface area contributed by atoms with Crippen molar-refractivity contribution < 1.29 is 14.3 Å². The van der Waals surface area contributed by atoms with Crippen LogP contribution in [0.5, 0.6) is 5.88 Å². The third-order valence-corrected chi connectivity index (χ3v) is 4.59. The molecule has 1 saturated heterocycles. The molecule has 2 aromatic rings. The third kappa shape index (κ3) is 3.57. The van der Waals surface area contributed by atoms with Crippen molar-refractivity contribution in [1.29, 1.82) is 0 Å². The van der Waals surface area contributed by atoms with Crippen molar-refractivity contribution in [3.8, 4) is 5.88 Å². The lowest BCUT2D eigenvalue weighted by Gasteiger charge is -2.45. The summed E-state index contributed by atoms with van der Waals surface area (Å²) in [4.78, 5) is 16.7. The number of methoxy groups -OCH3 is 1. The summed E-state index contributed by atoms with van der Waals surface area (Å²) in [5.74, 6) is 0.593. The SMILES string of the molecule is COc1n[nH]c2ccc(N3C[C@H](C)N(C(=O)OC(C)(C)C)[C@@H](C)C3)cc12. The molecule has 2 atom stereocenters. The van der Waals surface area contributed by atoms with Gasteiger partial charge in [-0.1, -0.05) is 0 Å². The Morgan fingerprint density at radius 3 is 2.46 bits per heavy atom. The number of amides is 1. The highest BCUT2D eigenvalue weighted by Gasteiger charge is 2.35. The number of aromatic amines is 1. The van der Waals surface area contributed by atoms with E-state index >= 15 is 0 Å². The Bertz CT molecular complexity index is 784. The van der Waals surface area contributed by atoms with Crippen LogP contribution in [0.1, 0.15) is 34.6 Å². The lowest BCUT2D eigenvalue weighted by Crippen LogP contribution is -2.59. The number of hydrogen-bond acceptors (Lipinski definition) is 5. The molecule has 0 aliphatic carbocycles. The zero-order chi connectivity index (χ0) is 19.1. The topological polar surface area (TPSA) is 70.7 Å². The lowest BCUT2D eigenvalue weighted by molar-refractivity contribution is 0.00566. The summed E-state index contributed by atoms with van der Waals surface area (Å²) in [6, 6.07) is 6.27. The van der Waals surface area contributed by atoms with Crippen LogP contribution in [-0.4, -0.2) is 59.1 Å². The van der Waals surface area contributed by atoms with Gasteiger partial charge in [-0.2, -0.15) is 0 Å². The molecule has 0 radical (unpaired) electrons. The third-order valence-electron chi connectivity index (χ3n) is 4.59. The molecule has 1 aromatic heterocycles. The summed E-state index contributed by atoms with van der Waals surface area (Å²) in [5.41, 5.74) is 1.55. The van der Waals surface area contributed by atoms with E-state index in [0.29, 0.717) is 5.88 Å². The second kappa shape index (κ2) is 6.70. The van der Waals surface area contributed by atoms with Crippen molar-refractivity contribution in [2.24, 2.45) is 0 Å². The average Bonchev–Trinajstić information content (AvgIpc) is 2.94. The Morgan fingerprint density at radius 1 is 1.23 bits per heavy atom. The number of carbonyl (C=O) groups is 1. The summed E-state index contributed by atoms with van der Waals surface area (Å²) >= 11 is 0.